The first-order valence-corrected chi connectivity index (χ1v) is 11.2. The number of hydrogen-bond acceptors (Lipinski definition) is 2. The van der Waals surface area contributed by atoms with Crippen LogP contribution < -0.4 is 5.32 Å². The van der Waals surface area contributed by atoms with Crippen molar-refractivity contribution in [3.63, 3.8) is 0 Å². The molecule has 3 nitrogen and oxygen atoms in total. The molecule has 0 aromatic heterocycles. The molecule has 1 amide bonds. The van der Waals surface area contributed by atoms with Crippen molar-refractivity contribution in [2.75, 3.05) is 19.6 Å². The molecule has 0 aliphatic carbocycles. The van der Waals surface area contributed by atoms with E-state index in [0.29, 0.717) is 17.7 Å². The van der Waals surface area contributed by atoms with Crippen molar-refractivity contribution >= 4 is 5.91 Å². The highest BCUT2D eigenvalue weighted by Crippen LogP contribution is 2.31. The Bertz CT molecular complexity index is 1050. The van der Waals surface area contributed by atoms with E-state index in [-0.39, 0.29) is 5.91 Å². The normalized spacial score (nSPS) is 14.4. The monoisotopic (exact) mass is 452 g/mol. The van der Waals surface area contributed by atoms with Crippen molar-refractivity contribution < 1.29 is 18.0 Å². The van der Waals surface area contributed by atoms with Crippen LogP contribution in [0.3, 0.4) is 0 Å². The van der Waals surface area contributed by atoms with Gasteiger partial charge in [-0.25, -0.2) is 0 Å². The first-order chi connectivity index (χ1) is 15.9. The van der Waals surface area contributed by atoms with Gasteiger partial charge in [-0.05, 0) is 78.9 Å². The predicted molar refractivity (Wildman–Crippen MR) is 124 cm³/mol. The van der Waals surface area contributed by atoms with Crippen molar-refractivity contribution in [3.05, 3.63) is 95.1 Å². The third kappa shape index (κ3) is 6.23. The van der Waals surface area contributed by atoms with E-state index in [4.69, 9.17) is 0 Å². The summed E-state index contributed by atoms with van der Waals surface area (Å²) in [6.07, 6.45) is -1.03. The van der Waals surface area contributed by atoms with Crippen LogP contribution in [0.2, 0.25) is 0 Å². The van der Waals surface area contributed by atoms with Crippen LogP contribution in [0.5, 0.6) is 0 Å². The van der Waals surface area contributed by atoms with E-state index in [1.165, 1.54) is 49.2 Å². The van der Waals surface area contributed by atoms with E-state index in [0.717, 1.165) is 30.7 Å². The molecule has 6 heteroatoms. The highest BCUT2D eigenvalue weighted by atomic mass is 19.4. The summed E-state index contributed by atoms with van der Waals surface area (Å²) in [6, 6.07) is 20.4. The molecule has 1 heterocycles. The fourth-order valence-electron chi connectivity index (χ4n) is 4.10. The lowest BCUT2D eigenvalue weighted by molar-refractivity contribution is -0.137. The first kappa shape index (κ1) is 23.1. The Morgan fingerprint density at radius 3 is 1.91 bits per heavy atom. The van der Waals surface area contributed by atoms with Crippen LogP contribution in [0.15, 0.2) is 72.8 Å². The topological polar surface area (TPSA) is 32.3 Å². The molecular formula is C27H27F3N2O. The molecule has 0 bridgehead atoms. The number of benzene rings is 3. The quantitative estimate of drug-likeness (QED) is 0.481. The number of hydrogen-bond donors (Lipinski definition) is 1. The first-order valence-electron chi connectivity index (χ1n) is 11.2. The Morgan fingerprint density at radius 1 is 0.788 bits per heavy atom. The van der Waals surface area contributed by atoms with Crippen LogP contribution in [0.4, 0.5) is 13.2 Å². The van der Waals surface area contributed by atoms with Crippen molar-refractivity contribution in [2.45, 2.75) is 32.0 Å². The van der Waals surface area contributed by atoms with Gasteiger partial charge in [0.15, 0.2) is 0 Å². The highest BCUT2D eigenvalue weighted by molar-refractivity contribution is 5.94. The third-order valence-corrected chi connectivity index (χ3v) is 6.02. The molecule has 0 atom stereocenters. The Kier molecular flexibility index (Phi) is 7.14. The van der Waals surface area contributed by atoms with Gasteiger partial charge in [0.2, 0.25) is 0 Å². The van der Waals surface area contributed by atoms with Gasteiger partial charge in [0.25, 0.3) is 5.91 Å². The van der Waals surface area contributed by atoms with Crippen molar-refractivity contribution in [3.8, 4) is 11.1 Å². The van der Waals surface area contributed by atoms with Crippen molar-refractivity contribution in [2.24, 2.45) is 0 Å². The maximum atomic E-state index is 12.7. The zero-order valence-corrected chi connectivity index (χ0v) is 18.4. The molecule has 4 rings (SSSR count). The Labute approximate surface area is 192 Å². The van der Waals surface area contributed by atoms with Crippen LogP contribution in [0.25, 0.3) is 11.1 Å². The zero-order chi connectivity index (χ0) is 23.3. The minimum absolute atomic E-state index is 0.167. The predicted octanol–water partition coefficient (Wildman–Crippen LogP) is 5.94. The number of alkyl halides is 3. The largest absolute Gasteiger partial charge is 0.416 e. The second-order valence-electron chi connectivity index (χ2n) is 8.46. The minimum Gasteiger partial charge on any atom is -0.352 e. The molecule has 0 unspecified atom stereocenters. The Morgan fingerprint density at radius 2 is 1.33 bits per heavy atom. The van der Waals surface area contributed by atoms with Gasteiger partial charge in [-0.3, -0.25) is 9.69 Å². The van der Waals surface area contributed by atoms with Crippen LogP contribution in [-0.4, -0.2) is 30.4 Å². The Hall–Kier alpha value is -3.12. The third-order valence-electron chi connectivity index (χ3n) is 6.02. The summed E-state index contributed by atoms with van der Waals surface area (Å²) < 4.78 is 38.2. The average molecular weight is 453 g/mol. The lowest BCUT2D eigenvalue weighted by Gasteiger charge is -2.14. The van der Waals surface area contributed by atoms with Gasteiger partial charge >= 0.3 is 6.18 Å². The fraction of sp³-hybridized carbons (Fsp3) is 0.296. The molecular weight excluding hydrogens is 425 g/mol. The molecule has 0 radical (unpaired) electrons. The van der Waals surface area contributed by atoms with Crippen molar-refractivity contribution in [1.82, 2.24) is 10.2 Å². The van der Waals surface area contributed by atoms with E-state index < -0.39 is 11.7 Å². The summed E-state index contributed by atoms with van der Waals surface area (Å²) in [6.45, 7) is 3.89. The number of rotatable bonds is 7. The van der Waals surface area contributed by atoms with E-state index in [1.807, 2.05) is 0 Å². The summed E-state index contributed by atoms with van der Waals surface area (Å²) in [4.78, 5) is 14.9. The van der Waals surface area contributed by atoms with E-state index in [9.17, 15) is 18.0 Å². The van der Waals surface area contributed by atoms with Crippen LogP contribution >= 0.6 is 0 Å². The van der Waals surface area contributed by atoms with Crippen LogP contribution in [0, 0.1) is 0 Å². The van der Waals surface area contributed by atoms with Crippen molar-refractivity contribution in [1.29, 1.82) is 0 Å². The molecule has 172 valence electrons. The molecule has 1 saturated heterocycles. The SMILES string of the molecule is O=C(NCCc1ccc(CN2CCCC2)cc1)c1ccc(-c2ccc(C(F)(F)F)cc2)cc1. The molecule has 1 fully saturated rings. The molecule has 0 saturated carbocycles. The van der Waals surface area contributed by atoms with Gasteiger partial charge in [0.1, 0.15) is 0 Å². The minimum atomic E-state index is -4.35. The maximum Gasteiger partial charge on any atom is 0.416 e. The molecule has 1 aliphatic rings. The molecule has 1 aliphatic heterocycles. The molecule has 33 heavy (non-hydrogen) atoms. The summed E-state index contributed by atoms with van der Waals surface area (Å²) in [5.74, 6) is -0.167. The summed E-state index contributed by atoms with van der Waals surface area (Å²) in [5.41, 5.74) is 3.77. The summed E-state index contributed by atoms with van der Waals surface area (Å²) in [7, 11) is 0. The summed E-state index contributed by atoms with van der Waals surface area (Å²) in [5, 5.41) is 2.93. The van der Waals surface area contributed by atoms with Crippen LogP contribution in [0.1, 0.15) is 39.9 Å². The lowest BCUT2D eigenvalue weighted by atomic mass is 10.0. The molecule has 1 N–H and O–H groups in total. The van der Waals surface area contributed by atoms with Gasteiger partial charge in [-0.15, -0.1) is 0 Å². The lowest BCUT2D eigenvalue weighted by Crippen LogP contribution is -2.25. The highest BCUT2D eigenvalue weighted by Gasteiger charge is 2.29. The van der Waals surface area contributed by atoms with Gasteiger partial charge < -0.3 is 5.32 Å². The van der Waals surface area contributed by atoms with E-state index >= 15 is 0 Å². The van der Waals surface area contributed by atoms with Crippen LogP contribution in [-0.2, 0) is 19.1 Å². The number of carbonyl (C=O) groups is 1. The fourth-order valence-corrected chi connectivity index (χ4v) is 4.10. The van der Waals surface area contributed by atoms with E-state index in [1.54, 1.807) is 24.3 Å². The average Bonchev–Trinajstić information content (AvgIpc) is 3.33. The number of halogens is 3. The van der Waals surface area contributed by atoms with Gasteiger partial charge in [0.05, 0.1) is 5.56 Å². The number of nitrogens with one attached hydrogen (secondary N) is 1. The number of carbonyl (C=O) groups excluding carboxylic acids is 1. The van der Waals surface area contributed by atoms with E-state index in [2.05, 4.69) is 34.5 Å². The molecule has 3 aromatic carbocycles. The zero-order valence-electron chi connectivity index (χ0n) is 18.4. The van der Waals surface area contributed by atoms with Gasteiger partial charge in [0, 0.05) is 18.7 Å². The second-order valence-corrected chi connectivity index (χ2v) is 8.46. The number of amides is 1. The summed E-state index contributed by atoms with van der Waals surface area (Å²) >= 11 is 0. The van der Waals surface area contributed by atoms with Gasteiger partial charge in [-0.2, -0.15) is 13.2 Å². The molecule has 3 aromatic rings. The smallest absolute Gasteiger partial charge is 0.352 e. The number of nitrogens with zero attached hydrogens (tertiary/aromatic N) is 1. The standard InChI is InChI=1S/C27H27F3N2O/c28-27(29,30)25-13-11-23(12-14-25)22-7-9-24(10-8-22)26(33)31-16-15-20-3-5-21(6-4-20)19-32-17-1-2-18-32/h3-14H,1-2,15-19H2,(H,31,33). The Balaban J connectivity index is 1.26. The maximum absolute atomic E-state index is 12.7. The van der Waals surface area contributed by atoms with Gasteiger partial charge in [-0.1, -0.05) is 48.5 Å². The second kappa shape index (κ2) is 10.2. The molecule has 0 spiro atoms. The number of likely N-dealkylation sites (tertiary alicyclic amines) is 1.